The average Bonchev–Trinajstić information content (AvgIpc) is 3.35. The molecule has 0 saturated carbocycles. The third kappa shape index (κ3) is 10.1. The van der Waals surface area contributed by atoms with Crippen molar-refractivity contribution in [3.8, 4) is 56.8 Å². The summed E-state index contributed by atoms with van der Waals surface area (Å²) in [4.78, 5) is 18.9. The van der Waals surface area contributed by atoms with Gasteiger partial charge < -0.3 is 25.2 Å². The molecule has 8 aromatic carbocycles. The molecule has 0 aliphatic carbocycles. The molecule has 0 atom stereocenters. The van der Waals surface area contributed by atoms with Gasteiger partial charge in [-0.2, -0.15) is 0 Å². The molecule has 0 spiro atoms. The van der Waals surface area contributed by atoms with Gasteiger partial charge in [0, 0.05) is 74.8 Å². The second kappa shape index (κ2) is 19.3. The number of nitrogens with zero attached hydrogens (tertiary/aromatic N) is 4. The summed E-state index contributed by atoms with van der Waals surface area (Å²) in [5, 5.41) is 43.3. The van der Waals surface area contributed by atoms with E-state index in [-0.39, 0.29) is 33.8 Å². The average molecular weight is 951 g/mol. The summed E-state index contributed by atoms with van der Waals surface area (Å²) in [5.74, 6) is 1.82. The molecule has 9 rings (SSSR count). The molecule has 1 aliphatic rings. The molecule has 0 amide bonds. The van der Waals surface area contributed by atoms with Gasteiger partial charge in [-0.05, 0) is 118 Å². The lowest BCUT2D eigenvalue weighted by molar-refractivity contribution is 0.418. The largest absolute Gasteiger partial charge is 0.507 e. The number of fused-ring (bicyclic) bond motifs is 2. The van der Waals surface area contributed by atoms with Crippen LogP contribution in [-0.4, -0.2) is 45.3 Å². The Morgan fingerprint density at radius 2 is 0.708 bits per heavy atom. The van der Waals surface area contributed by atoms with E-state index in [2.05, 4.69) is 89.6 Å². The summed E-state index contributed by atoms with van der Waals surface area (Å²) in [6, 6.07) is 49.0. The molecule has 72 heavy (non-hydrogen) atoms. The van der Waals surface area contributed by atoms with E-state index in [4.69, 9.17) is 14.7 Å². The Kier molecular flexibility index (Phi) is 13.0. The second-order valence-corrected chi connectivity index (χ2v) is 20.7. The van der Waals surface area contributed by atoms with Gasteiger partial charge in [0.15, 0.2) is 0 Å². The van der Waals surface area contributed by atoms with Crippen molar-refractivity contribution in [2.45, 2.75) is 71.6 Å². The summed E-state index contributed by atoms with van der Waals surface area (Å²) in [6.07, 6.45) is 6.51. The number of benzene rings is 8. The van der Waals surface area contributed by atoms with Crippen LogP contribution in [0.25, 0.3) is 22.3 Å². The van der Waals surface area contributed by atoms with Crippen molar-refractivity contribution in [1.29, 1.82) is 0 Å². The van der Waals surface area contributed by atoms with Crippen LogP contribution in [0.1, 0.15) is 99.9 Å². The standard InChI is InChI=1S/C63H58N4O5/c1-61(2,3)45-31-47(39-25-27-57(70)43(29-39)37-66-53-21-13-11-19-51(53)64-35-41-17-9-15-23-55(41)68)59-49(33-45)63(7,8)50-34-46(62(4,5)6)32-48(60(50)72-59)40-26-28-58(71)44(30-40)38-67-54-22-14-12-20-52(54)65-36-42-18-10-16-24-56(42)69/h9-38,68-71H,1-8H3. The van der Waals surface area contributed by atoms with Crippen LogP contribution in [0.2, 0.25) is 0 Å². The first-order valence-electron chi connectivity index (χ1n) is 24.0. The van der Waals surface area contributed by atoms with Crippen molar-refractivity contribution in [2.75, 3.05) is 0 Å². The van der Waals surface area contributed by atoms with E-state index in [1.54, 1.807) is 73.4 Å². The van der Waals surface area contributed by atoms with Crippen LogP contribution >= 0.6 is 0 Å². The zero-order valence-corrected chi connectivity index (χ0v) is 41.8. The lowest BCUT2D eigenvalue weighted by atomic mass is 9.70. The third-order valence-corrected chi connectivity index (χ3v) is 13.1. The van der Waals surface area contributed by atoms with Crippen LogP contribution in [0.15, 0.2) is 178 Å². The fourth-order valence-corrected chi connectivity index (χ4v) is 8.71. The van der Waals surface area contributed by atoms with E-state index in [0.717, 1.165) is 44.5 Å². The lowest BCUT2D eigenvalue weighted by Gasteiger charge is -2.39. The van der Waals surface area contributed by atoms with Gasteiger partial charge in [-0.25, -0.2) is 0 Å². The highest BCUT2D eigenvalue weighted by atomic mass is 16.5. The summed E-state index contributed by atoms with van der Waals surface area (Å²) < 4.78 is 7.33. The van der Waals surface area contributed by atoms with Crippen molar-refractivity contribution in [1.82, 2.24) is 0 Å². The van der Waals surface area contributed by atoms with Crippen molar-refractivity contribution < 1.29 is 25.2 Å². The molecule has 9 heteroatoms. The minimum atomic E-state index is -0.543. The first kappa shape index (κ1) is 48.5. The topological polar surface area (TPSA) is 140 Å². The normalized spacial score (nSPS) is 13.5. The van der Waals surface area contributed by atoms with Gasteiger partial charge in [-0.3, -0.25) is 20.0 Å². The molecule has 0 unspecified atom stereocenters. The van der Waals surface area contributed by atoms with E-state index in [1.807, 2.05) is 84.9 Å². The monoisotopic (exact) mass is 950 g/mol. The Hall–Kier alpha value is -8.56. The van der Waals surface area contributed by atoms with E-state index in [0.29, 0.717) is 56.5 Å². The molecule has 9 nitrogen and oxygen atoms in total. The SMILES string of the molecule is CC(C)(C)c1cc(-c2ccc(O)c(C=Nc3ccccc3N=Cc3ccccc3O)c2)c2c(c1)C(C)(C)c1cc(C(C)(C)C)cc(-c3ccc(O)c(C=Nc4ccccc4N=Cc4ccccc4O)c3)c1O2. The number of aromatic hydroxyl groups is 4. The molecular formula is C63H58N4O5. The summed E-state index contributed by atoms with van der Waals surface area (Å²) in [5.41, 5.74) is 11.3. The first-order chi connectivity index (χ1) is 34.3. The Labute approximate surface area is 421 Å². The molecule has 360 valence electrons. The number of phenols is 4. The lowest BCUT2D eigenvalue weighted by Crippen LogP contribution is -2.27. The minimum Gasteiger partial charge on any atom is -0.507 e. The van der Waals surface area contributed by atoms with Gasteiger partial charge in [-0.15, -0.1) is 0 Å². The number of rotatable bonds is 10. The Morgan fingerprint density at radius 3 is 1.06 bits per heavy atom. The zero-order valence-electron chi connectivity index (χ0n) is 41.8. The number of para-hydroxylation sites is 6. The molecule has 1 aliphatic heterocycles. The molecule has 1 heterocycles. The van der Waals surface area contributed by atoms with Gasteiger partial charge in [0.05, 0.1) is 22.7 Å². The molecule has 0 fully saturated rings. The molecule has 4 N–H and O–H groups in total. The Bertz CT molecular complexity index is 3270. The van der Waals surface area contributed by atoms with E-state index in [9.17, 15) is 20.4 Å². The number of phenolic OH excluding ortho intramolecular Hbond substituents is 4. The number of aliphatic imine (C=N–C) groups is 4. The Balaban J connectivity index is 1.13. The highest BCUT2D eigenvalue weighted by Gasteiger charge is 2.39. The maximum absolute atomic E-state index is 11.3. The summed E-state index contributed by atoms with van der Waals surface area (Å²) >= 11 is 0. The molecule has 0 radical (unpaired) electrons. The highest BCUT2D eigenvalue weighted by molar-refractivity contribution is 5.93. The van der Waals surface area contributed by atoms with Crippen LogP contribution < -0.4 is 4.74 Å². The number of hydrogen-bond donors (Lipinski definition) is 4. The van der Waals surface area contributed by atoms with Crippen LogP contribution in [0.3, 0.4) is 0 Å². The predicted molar refractivity (Wildman–Crippen MR) is 295 cm³/mol. The molecule has 0 saturated heterocycles. The maximum atomic E-state index is 11.3. The van der Waals surface area contributed by atoms with E-state index in [1.165, 1.54) is 0 Å². The van der Waals surface area contributed by atoms with Gasteiger partial charge in [0.2, 0.25) is 0 Å². The quantitative estimate of drug-likeness (QED) is 0.101. The van der Waals surface area contributed by atoms with Crippen LogP contribution in [-0.2, 0) is 16.2 Å². The fourth-order valence-electron chi connectivity index (χ4n) is 8.71. The van der Waals surface area contributed by atoms with Crippen LogP contribution in [0, 0.1) is 0 Å². The first-order valence-corrected chi connectivity index (χ1v) is 24.0. The molecule has 0 aromatic heterocycles. The van der Waals surface area contributed by atoms with Gasteiger partial charge >= 0.3 is 0 Å². The minimum absolute atomic E-state index is 0.0671. The fraction of sp³-hybridized carbons (Fsp3) is 0.175. The van der Waals surface area contributed by atoms with Crippen molar-refractivity contribution >= 4 is 47.6 Å². The molecule has 0 bridgehead atoms. The van der Waals surface area contributed by atoms with Gasteiger partial charge in [0.1, 0.15) is 34.5 Å². The van der Waals surface area contributed by atoms with Crippen LogP contribution in [0.4, 0.5) is 22.7 Å². The zero-order chi connectivity index (χ0) is 51.0. The van der Waals surface area contributed by atoms with Gasteiger partial charge in [0.25, 0.3) is 0 Å². The van der Waals surface area contributed by atoms with E-state index < -0.39 is 5.41 Å². The summed E-state index contributed by atoms with van der Waals surface area (Å²) in [7, 11) is 0. The number of ether oxygens (including phenoxy) is 1. The Morgan fingerprint density at radius 1 is 0.389 bits per heavy atom. The third-order valence-electron chi connectivity index (χ3n) is 13.1. The predicted octanol–water partition coefficient (Wildman–Crippen LogP) is 15.9. The molecule has 8 aromatic rings. The maximum Gasteiger partial charge on any atom is 0.139 e. The highest BCUT2D eigenvalue weighted by Crippen LogP contribution is 2.56. The van der Waals surface area contributed by atoms with Crippen molar-refractivity contribution in [2.24, 2.45) is 20.0 Å². The second-order valence-electron chi connectivity index (χ2n) is 20.7. The van der Waals surface area contributed by atoms with Crippen LogP contribution in [0.5, 0.6) is 34.5 Å². The summed E-state index contributed by atoms with van der Waals surface area (Å²) in [6.45, 7) is 17.8. The smallest absolute Gasteiger partial charge is 0.139 e. The van der Waals surface area contributed by atoms with Gasteiger partial charge in [-0.1, -0.05) is 128 Å². The van der Waals surface area contributed by atoms with E-state index >= 15 is 0 Å². The number of hydrogen-bond acceptors (Lipinski definition) is 9. The van der Waals surface area contributed by atoms with Crippen molar-refractivity contribution in [3.05, 3.63) is 202 Å². The molecular weight excluding hydrogens is 893 g/mol. The van der Waals surface area contributed by atoms with Crippen molar-refractivity contribution in [3.63, 3.8) is 0 Å².